The van der Waals surface area contributed by atoms with Crippen molar-refractivity contribution in [3.8, 4) is 0 Å². The fourth-order valence-electron chi connectivity index (χ4n) is 5.86. The maximum atomic E-state index is 10.3. The molecular formula is C42H35NO3P2S. The first-order chi connectivity index (χ1) is 23.9. The van der Waals surface area contributed by atoms with Crippen molar-refractivity contribution in [1.82, 2.24) is 4.17 Å². The molecule has 4 nitrogen and oxygen atoms in total. The normalized spacial score (nSPS) is 11.4. The fourth-order valence-corrected chi connectivity index (χ4v) is 15.8. The third-order valence-electron chi connectivity index (χ3n) is 8.08. The van der Waals surface area contributed by atoms with E-state index in [2.05, 4.69) is 182 Å². The van der Waals surface area contributed by atoms with E-state index in [1.54, 1.807) is 6.07 Å². The molecule has 0 heterocycles. The van der Waals surface area contributed by atoms with Crippen molar-refractivity contribution in [1.29, 1.82) is 0 Å². The Balaban J connectivity index is 0.000000359. The third kappa shape index (κ3) is 7.38. The van der Waals surface area contributed by atoms with E-state index in [0.29, 0.717) is 0 Å². The van der Waals surface area contributed by atoms with Crippen LogP contribution in [0.2, 0.25) is 0 Å². The van der Waals surface area contributed by atoms with E-state index in [-0.39, 0.29) is 4.90 Å². The average Bonchev–Trinajstić information content (AvgIpc) is 3.18. The van der Waals surface area contributed by atoms with Crippen LogP contribution in [0, 0.1) is 0 Å². The lowest BCUT2D eigenvalue weighted by molar-refractivity contribution is 0.463. The maximum absolute atomic E-state index is 10.3. The van der Waals surface area contributed by atoms with Gasteiger partial charge < -0.3 is 4.55 Å². The van der Waals surface area contributed by atoms with Crippen LogP contribution in [0.5, 0.6) is 0 Å². The second kappa shape index (κ2) is 15.5. The van der Waals surface area contributed by atoms with Crippen LogP contribution >= 0.6 is 14.1 Å². The van der Waals surface area contributed by atoms with Crippen molar-refractivity contribution in [2.24, 2.45) is 0 Å². The monoisotopic (exact) mass is 695 g/mol. The molecule has 0 fully saturated rings. The van der Waals surface area contributed by atoms with Crippen LogP contribution in [0.4, 0.5) is 0 Å². The first-order valence-corrected chi connectivity index (χ1v) is 20.7. The molecule has 242 valence electrons. The minimum absolute atomic E-state index is 0.185. The standard InChI is InChI=1S/C36H30NP2.C6H6O3S/c1-7-19-31(20-8-1)38(32-21-9-2-10-22-32,33-23-11-3-12-24-33)37-39(34-25-13-4-14-26-34,35-27-15-5-16-28-35)36-29-17-6-18-30-36;7-10(8,9)6-4-2-1-3-5-6/h1-30H;1-5H,(H,7,8,9)/q+1;/p-1. The van der Waals surface area contributed by atoms with Crippen LogP contribution in [-0.4, -0.2) is 13.0 Å². The van der Waals surface area contributed by atoms with E-state index in [1.807, 2.05) is 0 Å². The summed E-state index contributed by atoms with van der Waals surface area (Å²) in [7, 11) is -9.25. The molecule has 0 aliphatic rings. The van der Waals surface area contributed by atoms with Crippen molar-refractivity contribution < 1.29 is 13.0 Å². The van der Waals surface area contributed by atoms with Crippen molar-refractivity contribution in [2.75, 3.05) is 0 Å². The highest BCUT2D eigenvalue weighted by Crippen LogP contribution is 2.50. The second-order valence-electron chi connectivity index (χ2n) is 11.1. The van der Waals surface area contributed by atoms with Gasteiger partial charge in [-0.25, -0.2) is 8.42 Å². The summed E-state index contributed by atoms with van der Waals surface area (Å²) in [6, 6.07) is 72.9. The number of hydrogen-bond donors (Lipinski definition) is 0. The quantitative estimate of drug-likeness (QED) is 0.103. The molecule has 0 aliphatic heterocycles. The predicted molar refractivity (Wildman–Crippen MR) is 207 cm³/mol. The van der Waals surface area contributed by atoms with E-state index in [4.69, 9.17) is 4.17 Å². The second-order valence-corrected chi connectivity index (χ2v) is 18.9. The summed E-state index contributed by atoms with van der Waals surface area (Å²) in [5, 5.41) is 7.55. The molecule has 0 amide bonds. The Morgan fingerprint density at radius 3 is 0.673 bits per heavy atom. The van der Waals surface area contributed by atoms with Gasteiger partial charge in [0.15, 0.2) is 0 Å². The Labute approximate surface area is 289 Å². The third-order valence-corrected chi connectivity index (χ3v) is 17.3. The van der Waals surface area contributed by atoms with E-state index in [9.17, 15) is 13.0 Å². The molecule has 49 heavy (non-hydrogen) atoms. The fraction of sp³-hybridized carbons (Fsp3) is 0. The number of hydrogen-bond acceptors (Lipinski definition) is 3. The Morgan fingerprint density at radius 2 is 0.510 bits per heavy atom. The molecule has 0 atom stereocenters. The molecular weight excluding hydrogens is 660 g/mol. The van der Waals surface area contributed by atoms with Gasteiger partial charge in [-0.2, -0.15) is 0 Å². The largest absolute Gasteiger partial charge is 0.744 e. The lowest BCUT2D eigenvalue weighted by atomic mass is 10.4. The Morgan fingerprint density at radius 1 is 0.327 bits per heavy atom. The van der Waals surface area contributed by atoms with Gasteiger partial charge in [-0.05, 0) is 84.9 Å². The summed E-state index contributed by atoms with van der Waals surface area (Å²) in [6.45, 7) is 0. The zero-order valence-corrected chi connectivity index (χ0v) is 29.3. The molecule has 0 aliphatic carbocycles. The molecule has 0 saturated heterocycles. The highest BCUT2D eigenvalue weighted by Gasteiger charge is 2.44. The van der Waals surface area contributed by atoms with E-state index >= 15 is 0 Å². The van der Waals surface area contributed by atoms with Crippen LogP contribution in [-0.2, 0) is 10.1 Å². The van der Waals surface area contributed by atoms with Gasteiger partial charge >= 0.3 is 14.1 Å². The minimum Gasteiger partial charge on any atom is -0.744 e. The highest BCUT2D eigenvalue weighted by atomic mass is 32.2. The van der Waals surface area contributed by atoms with Gasteiger partial charge in [-0.1, -0.05) is 127 Å². The van der Waals surface area contributed by atoms with Gasteiger partial charge in [0.2, 0.25) is 0 Å². The lowest BCUT2D eigenvalue weighted by Gasteiger charge is -2.20. The zero-order valence-electron chi connectivity index (χ0n) is 26.7. The number of rotatable bonds is 7. The molecule has 0 radical (unpaired) electrons. The van der Waals surface area contributed by atoms with Crippen molar-refractivity contribution in [3.05, 3.63) is 212 Å². The molecule has 0 N–H and O–H groups in total. The van der Waals surface area contributed by atoms with Crippen LogP contribution in [0.15, 0.2) is 217 Å². The van der Waals surface area contributed by atoms with Gasteiger partial charge in [-0.3, -0.25) is 0 Å². The summed E-state index contributed by atoms with van der Waals surface area (Å²) in [6.07, 6.45) is 0. The van der Waals surface area contributed by atoms with Gasteiger partial charge in [0, 0.05) is 0 Å². The molecule has 7 aromatic carbocycles. The molecule has 7 aromatic rings. The van der Waals surface area contributed by atoms with Crippen LogP contribution in [0.3, 0.4) is 0 Å². The van der Waals surface area contributed by atoms with Crippen molar-refractivity contribution in [2.45, 2.75) is 4.90 Å². The van der Waals surface area contributed by atoms with E-state index in [0.717, 1.165) is 0 Å². The molecule has 0 unspecified atom stereocenters. The minimum atomic E-state index is -4.25. The van der Waals surface area contributed by atoms with Gasteiger partial charge in [-0.15, -0.1) is 4.17 Å². The first kappa shape index (κ1) is 33.9. The zero-order chi connectivity index (χ0) is 34.0. The smallest absolute Gasteiger partial charge is 0.301 e. The number of benzene rings is 7. The predicted octanol–water partition coefficient (Wildman–Crippen LogP) is 7.00. The Bertz CT molecular complexity index is 1980. The van der Waals surface area contributed by atoms with E-state index in [1.165, 1.54) is 56.1 Å². The summed E-state index contributed by atoms with van der Waals surface area (Å²) < 4.78 is 37.2. The molecule has 7 rings (SSSR count). The van der Waals surface area contributed by atoms with Crippen molar-refractivity contribution in [3.63, 3.8) is 0 Å². The molecule has 0 bridgehead atoms. The molecule has 0 aromatic heterocycles. The maximum Gasteiger partial charge on any atom is 0.301 e. The molecule has 0 spiro atoms. The molecule has 0 saturated carbocycles. The summed E-state index contributed by atoms with van der Waals surface area (Å²) >= 11 is 0. The topological polar surface area (TPSA) is 71.3 Å². The van der Waals surface area contributed by atoms with Gasteiger partial charge in [0.1, 0.15) is 10.1 Å². The van der Waals surface area contributed by atoms with Crippen LogP contribution in [0.25, 0.3) is 0 Å². The molecule has 7 heteroatoms. The lowest BCUT2D eigenvalue weighted by Crippen LogP contribution is -2.31. The highest BCUT2D eigenvalue weighted by molar-refractivity contribution is 7.94. The number of nitrogens with zero attached hydrogens (tertiary/aromatic N) is 1. The van der Waals surface area contributed by atoms with Crippen molar-refractivity contribution >= 4 is 56.1 Å². The summed E-state index contributed by atoms with van der Waals surface area (Å²) in [5.74, 6) is 0. The average molecular weight is 696 g/mol. The summed E-state index contributed by atoms with van der Waals surface area (Å²) in [4.78, 5) is -0.185. The SMILES string of the molecule is O=S(=O)([O-])c1ccccc1.c1ccc(P(=[N+]=P(c2ccccc2)(c2ccccc2)c2ccccc2)(c2ccccc2)c2ccccc2)cc1. The van der Waals surface area contributed by atoms with Crippen LogP contribution in [0.1, 0.15) is 0 Å². The summed E-state index contributed by atoms with van der Waals surface area (Å²) in [5.41, 5.74) is 0. The Hall–Kier alpha value is -4.98. The van der Waals surface area contributed by atoms with Gasteiger partial charge in [0.05, 0.1) is 36.7 Å². The van der Waals surface area contributed by atoms with Crippen LogP contribution < -0.4 is 36.0 Å². The van der Waals surface area contributed by atoms with E-state index < -0.39 is 24.2 Å². The Kier molecular flexibility index (Phi) is 10.7. The first-order valence-electron chi connectivity index (χ1n) is 15.8. The van der Waals surface area contributed by atoms with Gasteiger partial charge in [0.25, 0.3) is 0 Å².